The van der Waals surface area contributed by atoms with E-state index in [0.717, 1.165) is 27.8 Å². The number of benzene rings is 2. The molecule has 0 atom stereocenters. The molecule has 17 heavy (non-hydrogen) atoms. The van der Waals surface area contributed by atoms with Gasteiger partial charge in [-0.05, 0) is 72.9 Å². The van der Waals surface area contributed by atoms with Crippen LogP contribution in [0.2, 0.25) is 0 Å². The van der Waals surface area contributed by atoms with Crippen molar-refractivity contribution in [2.24, 2.45) is 0 Å². The zero-order chi connectivity index (χ0) is 12.6. The molecule has 0 spiro atoms. The summed E-state index contributed by atoms with van der Waals surface area (Å²) in [5, 5.41) is 9.73. The Morgan fingerprint density at radius 3 is 2.06 bits per heavy atom. The van der Waals surface area contributed by atoms with Crippen molar-refractivity contribution in [2.45, 2.75) is 20.8 Å². The molecule has 1 nitrogen and oxygen atoms in total. The number of phenols is 1. The summed E-state index contributed by atoms with van der Waals surface area (Å²) in [5.74, 6) is 0.0665. The van der Waals surface area contributed by atoms with Crippen LogP contribution < -0.4 is 0 Å². The van der Waals surface area contributed by atoms with Crippen LogP contribution in [0.4, 0.5) is 4.39 Å². The summed E-state index contributed by atoms with van der Waals surface area (Å²) < 4.78 is 13.3. The van der Waals surface area contributed by atoms with Crippen LogP contribution in [-0.4, -0.2) is 5.11 Å². The lowest BCUT2D eigenvalue weighted by molar-refractivity contribution is 0.467. The van der Waals surface area contributed by atoms with Crippen molar-refractivity contribution >= 4 is 0 Å². The molecule has 0 aliphatic heterocycles. The summed E-state index contributed by atoms with van der Waals surface area (Å²) in [6, 6.07) is 8.51. The number of halogens is 1. The Hall–Kier alpha value is -1.83. The first-order valence-corrected chi connectivity index (χ1v) is 5.56. The van der Waals surface area contributed by atoms with Gasteiger partial charge in [0.05, 0.1) is 0 Å². The van der Waals surface area contributed by atoms with Crippen molar-refractivity contribution in [3.05, 3.63) is 52.8 Å². The van der Waals surface area contributed by atoms with Crippen LogP contribution in [0, 0.1) is 26.6 Å². The van der Waals surface area contributed by atoms with Gasteiger partial charge in [0, 0.05) is 0 Å². The molecule has 0 saturated heterocycles. The van der Waals surface area contributed by atoms with Crippen LogP contribution >= 0.6 is 0 Å². The molecule has 2 aromatic carbocycles. The minimum Gasteiger partial charge on any atom is -0.507 e. The van der Waals surface area contributed by atoms with Crippen LogP contribution in [0.25, 0.3) is 11.1 Å². The van der Waals surface area contributed by atoms with E-state index in [4.69, 9.17) is 0 Å². The Morgan fingerprint density at radius 1 is 0.882 bits per heavy atom. The van der Waals surface area contributed by atoms with Gasteiger partial charge in [-0.3, -0.25) is 0 Å². The van der Waals surface area contributed by atoms with Gasteiger partial charge in [0.15, 0.2) is 0 Å². The number of phenolic OH excluding ortho intramolecular Hbond substituents is 1. The Labute approximate surface area is 101 Å². The summed E-state index contributed by atoms with van der Waals surface area (Å²) in [6.45, 7) is 5.65. The fraction of sp³-hybridized carbons (Fsp3) is 0.200. The van der Waals surface area contributed by atoms with Crippen molar-refractivity contribution in [2.75, 3.05) is 0 Å². The lowest BCUT2D eigenvalue weighted by atomic mass is 9.96. The standard InChI is InChI=1S/C15H15FO/c1-9-4-5-13(16)8-14(9)12-6-10(2)15(17)11(3)7-12/h4-8,17H,1-3H3. The molecule has 1 N–H and O–H groups in total. The predicted molar refractivity (Wildman–Crippen MR) is 67.7 cm³/mol. The molecule has 0 bridgehead atoms. The van der Waals surface area contributed by atoms with Crippen LogP contribution in [0.15, 0.2) is 30.3 Å². The maximum absolute atomic E-state index is 13.3. The number of hydrogen-bond donors (Lipinski definition) is 1. The van der Waals surface area contributed by atoms with Gasteiger partial charge in [-0.15, -0.1) is 0 Å². The predicted octanol–water partition coefficient (Wildman–Crippen LogP) is 4.12. The Morgan fingerprint density at radius 2 is 1.47 bits per heavy atom. The fourth-order valence-corrected chi connectivity index (χ4v) is 2.02. The summed E-state index contributed by atoms with van der Waals surface area (Å²) in [6.07, 6.45) is 0. The minimum atomic E-state index is -0.242. The van der Waals surface area contributed by atoms with Crippen LogP contribution in [0.5, 0.6) is 5.75 Å². The first kappa shape index (κ1) is 11.6. The van der Waals surface area contributed by atoms with E-state index in [1.54, 1.807) is 6.07 Å². The zero-order valence-corrected chi connectivity index (χ0v) is 10.2. The van der Waals surface area contributed by atoms with E-state index in [0.29, 0.717) is 5.75 Å². The van der Waals surface area contributed by atoms with Gasteiger partial charge >= 0.3 is 0 Å². The normalized spacial score (nSPS) is 10.6. The Balaban J connectivity index is 2.64. The van der Waals surface area contributed by atoms with Gasteiger partial charge in [0.1, 0.15) is 11.6 Å². The first-order chi connectivity index (χ1) is 7.99. The second-order valence-electron chi connectivity index (χ2n) is 4.42. The highest BCUT2D eigenvalue weighted by atomic mass is 19.1. The topological polar surface area (TPSA) is 20.2 Å². The van der Waals surface area contributed by atoms with E-state index in [-0.39, 0.29) is 5.82 Å². The summed E-state index contributed by atoms with van der Waals surface area (Å²) in [7, 11) is 0. The largest absolute Gasteiger partial charge is 0.507 e. The molecule has 0 aliphatic rings. The Bertz CT molecular complexity index is 550. The van der Waals surface area contributed by atoms with E-state index in [9.17, 15) is 9.50 Å². The van der Waals surface area contributed by atoms with Crippen molar-refractivity contribution in [1.29, 1.82) is 0 Å². The lowest BCUT2D eigenvalue weighted by Gasteiger charge is -2.10. The smallest absolute Gasteiger partial charge is 0.123 e. The molecule has 0 fully saturated rings. The second kappa shape index (κ2) is 4.21. The monoisotopic (exact) mass is 230 g/mol. The summed E-state index contributed by atoms with van der Waals surface area (Å²) in [5.41, 5.74) is 4.45. The van der Waals surface area contributed by atoms with Gasteiger partial charge in [0.25, 0.3) is 0 Å². The molecule has 0 radical (unpaired) electrons. The van der Waals surface area contributed by atoms with Gasteiger partial charge < -0.3 is 5.11 Å². The third-order valence-corrected chi connectivity index (χ3v) is 3.00. The van der Waals surface area contributed by atoms with Gasteiger partial charge in [-0.25, -0.2) is 4.39 Å². The highest BCUT2D eigenvalue weighted by Gasteiger charge is 2.08. The van der Waals surface area contributed by atoms with E-state index in [1.165, 1.54) is 12.1 Å². The molecule has 0 heterocycles. The molecule has 0 saturated carbocycles. The molecule has 2 heteroatoms. The number of rotatable bonds is 1. The van der Waals surface area contributed by atoms with Crippen molar-refractivity contribution in [3.63, 3.8) is 0 Å². The van der Waals surface area contributed by atoms with Gasteiger partial charge in [-0.1, -0.05) is 6.07 Å². The average molecular weight is 230 g/mol. The van der Waals surface area contributed by atoms with E-state index in [1.807, 2.05) is 32.9 Å². The molecule has 2 aromatic rings. The Kier molecular flexibility index (Phi) is 2.88. The van der Waals surface area contributed by atoms with E-state index in [2.05, 4.69) is 0 Å². The van der Waals surface area contributed by atoms with Crippen LogP contribution in [-0.2, 0) is 0 Å². The first-order valence-electron chi connectivity index (χ1n) is 5.56. The zero-order valence-electron chi connectivity index (χ0n) is 10.2. The number of hydrogen-bond acceptors (Lipinski definition) is 1. The molecular weight excluding hydrogens is 215 g/mol. The minimum absolute atomic E-state index is 0.242. The SMILES string of the molecule is Cc1ccc(F)cc1-c1cc(C)c(O)c(C)c1. The van der Waals surface area contributed by atoms with Gasteiger partial charge in [-0.2, -0.15) is 0 Å². The summed E-state index contributed by atoms with van der Waals surface area (Å²) in [4.78, 5) is 0. The maximum Gasteiger partial charge on any atom is 0.123 e. The molecule has 0 aromatic heterocycles. The molecule has 2 rings (SSSR count). The lowest BCUT2D eigenvalue weighted by Crippen LogP contribution is -1.88. The maximum atomic E-state index is 13.3. The van der Waals surface area contributed by atoms with E-state index < -0.39 is 0 Å². The highest BCUT2D eigenvalue weighted by Crippen LogP contribution is 2.31. The quantitative estimate of drug-likeness (QED) is 0.781. The molecule has 0 aliphatic carbocycles. The van der Waals surface area contributed by atoms with Crippen molar-refractivity contribution in [1.82, 2.24) is 0 Å². The van der Waals surface area contributed by atoms with Crippen LogP contribution in [0.3, 0.4) is 0 Å². The third kappa shape index (κ3) is 2.16. The fourth-order valence-electron chi connectivity index (χ4n) is 2.02. The van der Waals surface area contributed by atoms with Crippen molar-refractivity contribution in [3.8, 4) is 16.9 Å². The van der Waals surface area contributed by atoms with Crippen LogP contribution in [0.1, 0.15) is 16.7 Å². The summed E-state index contributed by atoms with van der Waals surface area (Å²) >= 11 is 0. The third-order valence-electron chi connectivity index (χ3n) is 3.00. The average Bonchev–Trinajstić information content (AvgIpc) is 2.28. The molecule has 0 amide bonds. The van der Waals surface area contributed by atoms with E-state index >= 15 is 0 Å². The highest BCUT2D eigenvalue weighted by molar-refractivity contribution is 5.70. The molecular formula is C15H15FO. The molecule has 88 valence electrons. The number of aromatic hydroxyl groups is 1. The number of aryl methyl sites for hydroxylation is 3. The second-order valence-corrected chi connectivity index (χ2v) is 4.42. The molecule has 0 unspecified atom stereocenters. The van der Waals surface area contributed by atoms with Gasteiger partial charge in [0.2, 0.25) is 0 Å². The van der Waals surface area contributed by atoms with Crippen molar-refractivity contribution < 1.29 is 9.50 Å².